The molecule has 23 heavy (non-hydrogen) atoms. The van der Waals surface area contributed by atoms with Crippen LogP contribution in [-0.2, 0) is 4.79 Å². The summed E-state index contributed by atoms with van der Waals surface area (Å²) in [5.41, 5.74) is 1.34. The van der Waals surface area contributed by atoms with E-state index < -0.39 is 5.97 Å². The summed E-state index contributed by atoms with van der Waals surface area (Å²) in [5.74, 6) is -0.967. The zero-order chi connectivity index (χ0) is 17.0. The first-order valence-electron chi connectivity index (χ1n) is 7.57. The van der Waals surface area contributed by atoms with Crippen molar-refractivity contribution in [2.24, 2.45) is 0 Å². The Morgan fingerprint density at radius 2 is 1.96 bits per heavy atom. The van der Waals surface area contributed by atoms with E-state index in [-0.39, 0.29) is 17.2 Å². The second kappa shape index (κ2) is 7.17. The summed E-state index contributed by atoms with van der Waals surface area (Å²) < 4.78 is 5.09. The highest BCUT2D eigenvalue weighted by molar-refractivity contribution is 5.95. The Morgan fingerprint density at radius 3 is 2.48 bits per heavy atom. The molecule has 0 unspecified atom stereocenters. The van der Waals surface area contributed by atoms with E-state index in [2.05, 4.69) is 0 Å². The van der Waals surface area contributed by atoms with Gasteiger partial charge in [0.15, 0.2) is 0 Å². The first-order valence-corrected chi connectivity index (χ1v) is 7.57. The summed E-state index contributed by atoms with van der Waals surface area (Å²) in [6.07, 6.45) is 3.66. The molecule has 0 spiro atoms. The van der Waals surface area contributed by atoms with Crippen LogP contribution >= 0.6 is 0 Å². The predicted molar refractivity (Wildman–Crippen MR) is 85.7 cm³/mol. The Bertz CT molecular complexity index is 641. The average molecular weight is 319 g/mol. The molecule has 1 saturated heterocycles. The lowest BCUT2D eigenvalue weighted by Gasteiger charge is -2.28. The standard InChI is InChI=1S/C17H21NO5/c1-3-15(20)18-6-4-11(5-7-18)8-12-9-13(23-2)10-14(19)16(12)17(21)22/h8-10,19H,3-7H2,1-2H3,(H,21,22). The first-order chi connectivity index (χ1) is 11.0. The maximum atomic E-state index is 11.7. The van der Waals surface area contributed by atoms with Crippen LogP contribution in [0.3, 0.4) is 0 Å². The molecule has 124 valence electrons. The molecule has 1 heterocycles. The van der Waals surface area contributed by atoms with Crippen LogP contribution in [0.2, 0.25) is 0 Å². The molecule has 0 aliphatic carbocycles. The molecular weight excluding hydrogens is 298 g/mol. The Kier molecular flexibility index (Phi) is 5.26. The van der Waals surface area contributed by atoms with E-state index in [9.17, 15) is 19.8 Å². The lowest BCUT2D eigenvalue weighted by Crippen LogP contribution is -2.35. The van der Waals surface area contributed by atoms with Crippen LogP contribution in [0.5, 0.6) is 11.5 Å². The van der Waals surface area contributed by atoms with Gasteiger partial charge >= 0.3 is 5.97 Å². The number of aromatic hydroxyl groups is 1. The van der Waals surface area contributed by atoms with E-state index in [0.717, 1.165) is 5.57 Å². The Hall–Kier alpha value is -2.50. The number of ether oxygens (including phenoxy) is 1. The molecule has 6 nitrogen and oxygen atoms in total. The molecule has 0 atom stereocenters. The third-order valence-corrected chi connectivity index (χ3v) is 3.99. The third-order valence-electron chi connectivity index (χ3n) is 3.99. The van der Waals surface area contributed by atoms with Gasteiger partial charge in [0.1, 0.15) is 17.1 Å². The van der Waals surface area contributed by atoms with Crippen molar-refractivity contribution in [3.8, 4) is 11.5 Å². The molecule has 0 bridgehead atoms. The monoisotopic (exact) mass is 319 g/mol. The van der Waals surface area contributed by atoms with Crippen molar-refractivity contribution in [2.75, 3.05) is 20.2 Å². The SMILES string of the molecule is CCC(=O)N1CCC(=Cc2cc(OC)cc(O)c2C(=O)O)CC1. The van der Waals surface area contributed by atoms with Crippen molar-refractivity contribution in [3.63, 3.8) is 0 Å². The van der Waals surface area contributed by atoms with Gasteiger partial charge in [-0.2, -0.15) is 0 Å². The van der Waals surface area contributed by atoms with Gasteiger partial charge in [0.2, 0.25) is 5.91 Å². The van der Waals surface area contributed by atoms with Crippen molar-refractivity contribution in [1.29, 1.82) is 0 Å². The van der Waals surface area contributed by atoms with Gasteiger partial charge in [-0.15, -0.1) is 0 Å². The number of hydrogen-bond acceptors (Lipinski definition) is 4. The van der Waals surface area contributed by atoms with Gasteiger partial charge in [-0.25, -0.2) is 4.79 Å². The molecule has 0 radical (unpaired) electrons. The second-order valence-corrected chi connectivity index (χ2v) is 5.45. The lowest BCUT2D eigenvalue weighted by atomic mass is 9.97. The molecule has 1 fully saturated rings. The summed E-state index contributed by atoms with van der Waals surface area (Å²) in [6.45, 7) is 3.11. The number of nitrogens with zero attached hydrogens (tertiary/aromatic N) is 1. The smallest absolute Gasteiger partial charge is 0.340 e. The highest BCUT2D eigenvalue weighted by Crippen LogP contribution is 2.31. The number of carboxylic acid groups (broad SMARTS) is 1. The number of carbonyl (C=O) groups excluding carboxylic acids is 1. The van der Waals surface area contributed by atoms with Crippen molar-refractivity contribution in [2.45, 2.75) is 26.2 Å². The van der Waals surface area contributed by atoms with Gasteiger partial charge < -0.3 is 19.8 Å². The zero-order valence-electron chi connectivity index (χ0n) is 13.3. The minimum absolute atomic E-state index is 0.134. The van der Waals surface area contributed by atoms with Gasteiger partial charge in [-0.05, 0) is 24.5 Å². The molecule has 2 N–H and O–H groups in total. The van der Waals surface area contributed by atoms with Crippen molar-refractivity contribution in [1.82, 2.24) is 4.90 Å². The number of methoxy groups -OCH3 is 1. The van der Waals surface area contributed by atoms with Crippen molar-refractivity contribution < 1.29 is 24.5 Å². The number of aromatic carboxylic acids is 1. The summed E-state index contributed by atoms with van der Waals surface area (Å²) in [4.78, 5) is 24.9. The van der Waals surface area contributed by atoms with Crippen LogP contribution in [-0.4, -0.2) is 47.2 Å². The largest absolute Gasteiger partial charge is 0.507 e. The van der Waals surface area contributed by atoms with E-state index in [1.807, 2.05) is 11.8 Å². The third kappa shape index (κ3) is 3.83. The van der Waals surface area contributed by atoms with E-state index >= 15 is 0 Å². The number of benzene rings is 1. The molecule has 1 aliphatic rings. The fourth-order valence-corrected chi connectivity index (χ4v) is 2.72. The van der Waals surface area contributed by atoms with Gasteiger partial charge in [0.05, 0.1) is 7.11 Å². The summed E-state index contributed by atoms with van der Waals surface area (Å²) in [5, 5.41) is 19.2. The van der Waals surface area contributed by atoms with E-state index in [0.29, 0.717) is 43.7 Å². The van der Waals surface area contributed by atoms with Crippen molar-refractivity contribution >= 4 is 18.0 Å². The molecule has 0 saturated carbocycles. The molecule has 0 aromatic heterocycles. The zero-order valence-corrected chi connectivity index (χ0v) is 13.3. The van der Waals surface area contributed by atoms with Crippen LogP contribution in [0, 0.1) is 0 Å². The van der Waals surface area contributed by atoms with Gasteiger partial charge in [0, 0.05) is 25.6 Å². The maximum Gasteiger partial charge on any atom is 0.340 e. The quantitative estimate of drug-likeness (QED) is 0.890. The normalized spacial score (nSPS) is 14.5. The number of carboxylic acids is 1. The minimum Gasteiger partial charge on any atom is -0.507 e. The molecule has 2 rings (SSSR count). The molecular formula is C17H21NO5. The number of rotatable bonds is 4. The molecule has 1 amide bonds. The molecule has 6 heteroatoms. The lowest BCUT2D eigenvalue weighted by molar-refractivity contribution is -0.131. The van der Waals surface area contributed by atoms with Crippen LogP contribution in [0.1, 0.15) is 42.1 Å². The molecule has 1 aromatic carbocycles. The van der Waals surface area contributed by atoms with Crippen LogP contribution in [0.25, 0.3) is 6.08 Å². The number of likely N-dealkylation sites (tertiary alicyclic amines) is 1. The summed E-state index contributed by atoms with van der Waals surface area (Å²) in [7, 11) is 1.46. The minimum atomic E-state index is -1.18. The number of carbonyl (C=O) groups is 2. The Balaban J connectivity index is 2.27. The number of phenols is 1. The summed E-state index contributed by atoms with van der Waals surface area (Å²) >= 11 is 0. The van der Waals surface area contributed by atoms with Gasteiger partial charge in [-0.1, -0.05) is 18.6 Å². The number of amides is 1. The number of hydrogen-bond donors (Lipinski definition) is 2. The van der Waals surface area contributed by atoms with E-state index in [4.69, 9.17) is 4.74 Å². The van der Waals surface area contributed by atoms with Gasteiger partial charge in [0.25, 0.3) is 0 Å². The molecule has 1 aliphatic heterocycles. The predicted octanol–water partition coefficient (Wildman–Crippen LogP) is 2.51. The van der Waals surface area contributed by atoms with Crippen LogP contribution < -0.4 is 4.74 Å². The topological polar surface area (TPSA) is 87.1 Å². The Morgan fingerprint density at radius 1 is 1.30 bits per heavy atom. The summed E-state index contributed by atoms with van der Waals surface area (Å²) in [6, 6.07) is 2.88. The Labute approximate surface area is 135 Å². The van der Waals surface area contributed by atoms with Crippen LogP contribution in [0.4, 0.5) is 0 Å². The van der Waals surface area contributed by atoms with E-state index in [1.54, 1.807) is 12.1 Å². The van der Waals surface area contributed by atoms with Crippen molar-refractivity contribution in [3.05, 3.63) is 28.8 Å². The van der Waals surface area contributed by atoms with E-state index in [1.165, 1.54) is 13.2 Å². The molecule has 1 aromatic rings. The maximum absolute atomic E-state index is 11.7. The highest BCUT2D eigenvalue weighted by atomic mass is 16.5. The van der Waals surface area contributed by atoms with Crippen LogP contribution in [0.15, 0.2) is 17.7 Å². The fraction of sp³-hybridized carbons (Fsp3) is 0.412. The highest BCUT2D eigenvalue weighted by Gasteiger charge is 2.20. The van der Waals surface area contributed by atoms with Gasteiger partial charge in [-0.3, -0.25) is 4.79 Å². The fourth-order valence-electron chi connectivity index (χ4n) is 2.72. The first kappa shape index (κ1) is 16.9. The average Bonchev–Trinajstić information content (AvgIpc) is 2.53. The second-order valence-electron chi connectivity index (χ2n) is 5.45. The number of piperidine rings is 1.